The second-order valence-corrected chi connectivity index (χ2v) is 6.68. The Hall–Kier alpha value is -1.57. The van der Waals surface area contributed by atoms with Crippen molar-refractivity contribution in [2.45, 2.75) is 6.42 Å². The molecule has 0 nitrogen and oxygen atoms in total. The lowest BCUT2D eigenvalue weighted by atomic mass is 9.95. The number of halogens is 2. The van der Waals surface area contributed by atoms with Crippen LogP contribution in [-0.2, 0) is 6.42 Å². The Balaban J connectivity index is 2.11. The van der Waals surface area contributed by atoms with Gasteiger partial charge in [0.2, 0.25) is 0 Å². The first-order valence-electron chi connectivity index (χ1n) is 6.89. The molecule has 3 aromatic carbocycles. The first kappa shape index (κ1) is 13.1. The predicted octanol–water partition coefficient (Wildman–Crippen LogP) is 6.34. The average molecular weight is 356 g/mol. The fourth-order valence-electron chi connectivity index (χ4n) is 3.07. The summed E-state index contributed by atoms with van der Waals surface area (Å²) in [5, 5.41) is 0.788. The van der Waals surface area contributed by atoms with Gasteiger partial charge >= 0.3 is 0 Å². The van der Waals surface area contributed by atoms with Crippen molar-refractivity contribution in [1.82, 2.24) is 0 Å². The maximum Gasteiger partial charge on any atom is 0.0412 e. The van der Waals surface area contributed by atoms with Gasteiger partial charge in [-0.3, -0.25) is 0 Å². The van der Waals surface area contributed by atoms with Gasteiger partial charge in [0.1, 0.15) is 0 Å². The molecule has 0 atom stereocenters. The van der Waals surface area contributed by atoms with Crippen molar-refractivity contribution in [2.24, 2.45) is 0 Å². The Labute approximate surface area is 137 Å². The molecule has 0 heterocycles. The normalized spacial score (nSPS) is 12.1. The van der Waals surface area contributed by atoms with Crippen molar-refractivity contribution < 1.29 is 0 Å². The maximum atomic E-state index is 6.23. The fraction of sp³-hybridized carbons (Fsp3) is 0.0526. The van der Waals surface area contributed by atoms with Crippen LogP contribution in [0.5, 0.6) is 0 Å². The number of benzene rings is 3. The third-order valence-electron chi connectivity index (χ3n) is 4.03. The van der Waals surface area contributed by atoms with Crippen molar-refractivity contribution in [2.75, 3.05) is 0 Å². The zero-order chi connectivity index (χ0) is 14.4. The van der Waals surface area contributed by atoms with Gasteiger partial charge in [0.25, 0.3) is 0 Å². The molecule has 4 rings (SSSR count). The molecule has 0 unspecified atom stereocenters. The third-order valence-corrected chi connectivity index (χ3v) is 4.76. The SMILES string of the molecule is Clc1ccc2c(c1)-c1ccccc1-c1cc(Br)ccc1C2. The highest BCUT2D eigenvalue weighted by Crippen LogP contribution is 2.42. The van der Waals surface area contributed by atoms with Crippen LogP contribution in [-0.4, -0.2) is 0 Å². The fourth-order valence-corrected chi connectivity index (χ4v) is 3.60. The number of hydrogen-bond donors (Lipinski definition) is 0. The largest absolute Gasteiger partial charge is 0.0843 e. The summed E-state index contributed by atoms with van der Waals surface area (Å²) < 4.78 is 1.11. The molecule has 1 aliphatic rings. The Morgan fingerprint density at radius 1 is 0.714 bits per heavy atom. The highest BCUT2D eigenvalue weighted by atomic mass is 79.9. The highest BCUT2D eigenvalue weighted by molar-refractivity contribution is 9.10. The van der Waals surface area contributed by atoms with E-state index in [-0.39, 0.29) is 0 Å². The number of fused-ring (bicyclic) bond motifs is 5. The maximum absolute atomic E-state index is 6.23. The second-order valence-electron chi connectivity index (χ2n) is 5.33. The van der Waals surface area contributed by atoms with E-state index in [1.807, 2.05) is 6.07 Å². The molecule has 0 saturated heterocycles. The van der Waals surface area contributed by atoms with Gasteiger partial charge in [-0.05, 0) is 64.1 Å². The van der Waals surface area contributed by atoms with Crippen molar-refractivity contribution in [1.29, 1.82) is 0 Å². The summed E-state index contributed by atoms with van der Waals surface area (Å²) in [4.78, 5) is 0. The summed E-state index contributed by atoms with van der Waals surface area (Å²) in [5.41, 5.74) is 7.75. The number of rotatable bonds is 0. The Bertz CT molecular complexity index is 781. The van der Waals surface area contributed by atoms with Gasteiger partial charge in [0, 0.05) is 9.50 Å². The van der Waals surface area contributed by atoms with E-state index in [1.165, 1.54) is 33.4 Å². The van der Waals surface area contributed by atoms with Crippen LogP contribution in [0.15, 0.2) is 65.1 Å². The van der Waals surface area contributed by atoms with Gasteiger partial charge in [-0.2, -0.15) is 0 Å². The molecule has 0 radical (unpaired) electrons. The second kappa shape index (κ2) is 5.01. The van der Waals surface area contributed by atoms with Crippen LogP contribution in [0.25, 0.3) is 22.3 Å². The van der Waals surface area contributed by atoms with Gasteiger partial charge in [-0.25, -0.2) is 0 Å². The lowest BCUT2D eigenvalue weighted by molar-refractivity contribution is 1.21. The zero-order valence-corrected chi connectivity index (χ0v) is 13.6. The van der Waals surface area contributed by atoms with Crippen molar-refractivity contribution in [3.05, 3.63) is 81.3 Å². The quantitative estimate of drug-likeness (QED) is 0.345. The molecule has 0 bridgehead atoms. The molecule has 102 valence electrons. The summed E-state index contributed by atoms with van der Waals surface area (Å²) in [5.74, 6) is 0. The number of hydrogen-bond acceptors (Lipinski definition) is 0. The first-order valence-corrected chi connectivity index (χ1v) is 8.06. The Morgan fingerprint density at radius 3 is 2.05 bits per heavy atom. The van der Waals surface area contributed by atoms with E-state index < -0.39 is 0 Å². The van der Waals surface area contributed by atoms with Crippen molar-refractivity contribution in [3.63, 3.8) is 0 Å². The standard InChI is InChI=1S/C19H12BrCl/c20-14-7-5-12-9-13-6-8-15(21)11-19(13)17-4-2-1-3-16(17)18(12)10-14/h1-8,10-11H,9H2. The molecule has 0 aromatic heterocycles. The summed E-state index contributed by atoms with van der Waals surface area (Å²) in [6, 6.07) is 21.3. The topological polar surface area (TPSA) is 0 Å². The summed E-state index contributed by atoms with van der Waals surface area (Å²) >= 11 is 9.82. The van der Waals surface area contributed by atoms with Crippen molar-refractivity contribution >= 4 is 27.5 Å². The molecule has 0 N–H and O–H groups in total. The molecule has 1 aliphatic carbocycles. The highest BCUT2D eigenvalue weighted by Gasteiger charge is 2.19. The summed E-state index contributed by atoms with van der Waals surface area (Å²) in [7, 11) is 0. The smallest absolute Gasteiger partial charge is 0.0412 e. The van der Waals surface area contributed by atoms with E-state index >= 15 is 0 Å². The summed E-state index contributed by atoms with van der Waals surface area (Å²) in [6.07, 6.45) is 0.934. The minimum absolute atomic E-state index is 0.788. The van der Waals surface area contributed by atoms with E-state index in [9.17, 15) is 0 Å². The average Bonchev–Trinajstić information content (AvgIpc) is 2.63. The summed E-state index contributed by atoms with van der Waals surface area (Å²) in [6.45, 7) is 0. The van der Waals surface area contributed by atoms with Gasteiger partial charge in [-0.15, -0.1) is 0 Å². The van der Waals surface area contributed by atoms with E-state index in [1.54, 1.807) is 0 Å². The van der Waals surface area contributed by atoms with Gasteiger partial charge in [0.05, 0.1) is 0 Å². The third kappa shape index (κ3) is 2.21. The lowest BCUT2D eigenvalue weighted by Gasteiger charge is -2.10. The van der Waals surface area contributed by atoms with Crippen molar-refractivity contribution in [3.8, 4) is 22.3 Å². The lowest BCUT2D eigenvalue weighted by Crippen LogP contribution is -1.90. The minimum Gasteiger partial charge on any atom is -0.0843 e. The van der Waals surface area contributed by atoms with Crippen LogP contribution in [0.1, 0.15) is 11.1 Å². The van der Waals surface area contributed by atoms with E-state index in [4.69, 9.17) is 11.6 Å². The Morgan fingerprint density at radius 2 is 1.33 bits per heavy atom. The van der Waals surface area contributed by atoms with Crippen LogP contribution in [0.2, 0.25) is 5.02 Å². The van der Waals surface area contributed by atoms with Crippen LogP contribution in [0, 0.1) is 0 Å². The van der Waals surface area contributed by atoms with Crippen LogP contribution in [0.3, 0.4) is 0 Å². The van der Waals surface area contributed by atoms with Crippen LogP contribution < -0.4 is 0 Å². The molecule has 3 aromatic rings. The first-order chi connectivity index (χ1) is 10.2. The molecular formula is C19H12BrCl. The minimum atomic E-state index is 0.788. The predicted molar refractivity (Wildman–Crippen MR) is 92.8 cm³/mol. The van der Waals surface area contributed by atoms with Gasteiger partial charge in [-0.1, -0.05) is 63.9 Å². The monoisotopic (exact) mass is 354 g/mol. The molecule has 0 aliphatic heterocycles. The molecule has 2 heteroatoms. The molecule has 0 fully saturated rings. The van der Waals surface area contributed by atoms with E-state index in [0.29, 0.717) is 0 Å². The van der Waals surface area contributed by atoms with Gasteiger partial charge < -0.3 is 0 Å². The van der Waals surface area contributed by atoms with Crippen LogP contribution >= 0.6 is 27.5 Å². The Kier molecular flexibility index (Phi) is 3.13. The van der Waals surface area contributed by atoms with Crippen LogP contribution in [0.4, 0.5) is 0 Å². The molecule has 0 saturated carbocycles. The van der Waals surface area contributed by atoms with E-state index in [2.05, 4.69) is 70.5 Å². The zero-order valence-electron chi connectivity index (χ0n) is 11.2. The molecule has 0 spiro atoms. The molecular weight excluding hydrogens is 344 g/mol. The molecule has 21 heavy (non-hydrogen) atoms. The van der Waals surface area contributed by atoms with E-state index in [0.717, 1.165) is 15.9 Å². The van der Waals surface area contributed by atoms with Gasteiger partial charge in [0.15, 0.2) is 0 Å². The molecule has 0 amide bonds.